The molecule has 3 nitrogen and oxygen atoms in total. The van der Waals surface area contributed by atoms with Crippen LogP contribution in [0.2, 0.25) is 0 Å². The average Bonchev–Trinajstić information content (AvgIpc) is 2.29. The van der Waals surface area contributed by atoms with Gasteiger partial charge in [-0.05, 0) is 25.2 Å². The van der Waals surface area contributed by atoms with Crippen molar-refractivity contribution >= 4 is 5.91 Å². The molecular weight excluding hydrogens is 164 g/mol. The lowest BCUT2D eigenvalue weighted by atomic mass is 9.77. The van der Waals surface area contributed by atoms with Crippen molar-refractivity contribution in [3.63, 3.8) is 0 Å². The molecule has 1 aliphatic carbocycles. The maximum Gasteiger partial charge on any atom is 0.222 e. The molecule has 2 atom stereocenters. The quantitative estimate of drug-likeness (QED) is 0.684. The zero-order valence-electron chi connectivity index (χ0n) is 8.20. The van der Waals surface area contributed by atoms with Crippen LogP contribution < -0.4 is 5.73 Å². The van der Waals surface area contributed by atoms with Crippen molar-refractivity contribution in [2.24, 2.45) is 11.7 Å². The molecule has 1 aliphatic heterocycles. The zero-order chi connectivity index (χ0) is 9.42. The summed E-state index contributed by atoms with van der Waals surface area (Å²) < 4.78 is 0. The second kappa shape index (κ2) is 3.29. The van der Waals surface area contributed by atoms with Crippen molar-refractivity contribution in [3.8, 4) is 0 Å². The summed E-state index contributed by atoms with van der Waals surface area (Å²) in [5.41, 5.74) is 6.14. The topological polar surface area (TPSA) is 46.3 Å². The largest absolute Gasteiger partial charge is 0.341 e. The second-order valence-electron chi connectivity index (χ2n) is 4.38. The molecule has 0 aromatic rings. The molecule has 2 rings (SSSR count). The molecule has 0 radical (unpaired) electrons. The Labute approximate surface area is 79.3 Å². The summed E-state index contributed by atoms with van der Waals surface area (Å²) in [6.45, 7) is 0. The minimum absolute atomic E-state index is 0.227. The van der Waals surface area contributed by atoms with Crippen molar-refractivity contribution in [1.29, 1.82) is 0 Å². The Morgan fingerprint density at radius 3 is 2.54 bits per heavy atom. The SMILES string of the molecule is CN1C(=O)CCC1C(N)C1CCC1. The third-order valence-electron chi connectivity index (χ3n) is 3.68. The van der Waals surface area contributed by atoms with Gasteiger partial charge in [0.25, 0.3) is 0 Å². The highest BCUT2D eigenvalue weighted by Gasteiger charge is 2.37. The molecule has 0 aromatic carbocycles. The van der Waals surface area contributed by atoms with Crippen LogP contribution in [0.3, 0.4) is 0 Å². The molecule has 1 heterocycles. The normalized spacial score (nSPS) is 32.0. The number of likely N-dealkylation sites (tertiary alicyclic amines) is 1. The van der Waals surface area contributed by atoms with Gasteiger partial charge in [0.15, 0.2) is 0 Å². The highest BCUT2D eigenvalue weighted by atomic mass is 16.2. The summed E-state index contributed by atoms with van der Waals surface area (Å²) in [5, 5.41) is 0. The molecule has 1 amide bonds. The van der Waals surface area contributed by atoms with Gasteiger partial charge in [0.2, 0.25) is 5.91 Å². The smallest absolute Gasteiger partial charge is 0.222 e. The van der Waals surface area contributed by atoms with Crippen molar-refractivity contribution in [1.82, 2.24) is 4.90 Å². The number of hydrogen-bond acceptors (Lipinski definition) is 2. The van der Waals surface area contributed by atoms with Gasteiger partial charge >= 0.3 is 0 Å². The Hall–Kier alpha value is -0.570. The van der Waals surface area contributed by atoms with Crippen molar-refractivity contribution < 1.29 is 4.79 Å². The molecule has 13 heavy (non-hydrogen) atoms. The standard InChI is InChI=1S/C10H18N2O/c1-12-8(5-6-9(12)13)10(11)7-3-2-4-7/h7-8,10H,2-6,11H2,1H3. The third-order valence-corrected chi connectivity index (χ3v) is 3.68. The maximum atomic E-state index is 11.3. The molecule has 0 bridgehead atoms. The van der Waals surface area contributed by atoms with E-state index in [1.165, 1.54) is 19.3 Å². The molecule has 1 saturated heterocycles. The van der Waals surface area contributed by atoms with Crippen LogP contribution in [0.4, 0.5) is 0 Å². The molecule has 2 N–H and O–H groups in total. The second-order valence-corrected chi connectivity index (χ2v) is 4.38. The van der Waals surface area contributed by atoms with E-state index in [0.717, 1.165) is 6.42 Å². The molecule has 0 aromatic heterocycles. The van der Waals surface area contributed by atoms with Crippen LogP contribution in [0, 0.1) is 5.92 Å². The minimum atomic E-state index is 0.227. The van der Waals surface area contributed by atoms with Crippen LogP contribution in [-0.4, -0.2) is 29.9 Å². The van der Waals surface area contributed by atoms with E-state index in [1.54, 1.807) is 0 Å². The number of likely N-dealkylation sites (N-methyl/N-ethyl adjacent to an activating group) is 1. The fourth-order valence-corrected chi connectivity index (χ4v) is 2.42. The molecule has 1 saturated carbocycles. The molecule has 2 unspecified atom stereocenters. The molecule has 74 valence electrons. The number of amides is 1. The average molecular weight is 182 g/mol. The van der Waals surface area contributed by atoms with E-state index in [2.05, 4.69) is 0 Å². The monoisotopic (exact) mass is 182 g/mol. The number of carbonyl (C=O) groups is 1. The van der Waals surface area contributed by atoms with Crippen molar-refractivity contribution in [3.05, 3.63) is 0 Å². The fraction of sp³-hybridized carbons (Fsp3) is 0.900. The fourth-order valence-electron chi connectivity index (χ4n) is 2.42. The minimum Gasteiger partial charge on any atom is -0.341 e. The summed E-state index contributed by atoms with van der Waals surface area (Å²) in [6, 6.07) is 0.544. The molecule has 2 fully saturated rings. The Bertz CT molecular complexity index is 213. The van der Waals surface area contributed by atoms with E-state index in [-0.39, 0.29) is 11.9 Å². The first kappa shape index (κ1) is 9.00. The van der Waals surface area contributed by atoms with Gasteiger partial charge in [-0.1, -0.05) is 6.42 Å². The Balaban J connectivity index is 1.95. The van der Waals surface area contributed by atoms with Gasteiger partial charge in [-0.25, -0.2) is 0 Å². The third kappa shape index (κ3) is 1.46. The summed E-state index contributed by atoms with van der Waals surface area (Å²) in [6.07, 6.45) is 5.51. The van der Waals surface area contributed by atoms with Crippen LogP contribution in [-0.2, 0) is 4.79 Å². The van der Waals surface area contributed by atoms with Crippen LogP contribution in [0.25, 0.3) is 0 Å². The van der Waals surface area contributed by atoms with E-state index in [1.807, 2.05) is 11.9 Å². The van der Waals surface area contributed by atoms with E-state index in [9.17, 15) is 4.79 Å². The van der Waals surface area contributed by atoms with Gasteiger partial charge in [-0.2, -0.15) is 0 Å². The van der Waals surface area contributed by atoms with Gasteiger partial charge < -0.3 is 10.6 Å². The van der Waals surface area contributed by atoms with E-state index in [0.29, 0.717) is 18.4 Å². The summed E-state index contributed by atoms with van der Waals surface area (Å²) in [7, 11) is 1.89. The van der Waals surface area contributed by atoms with E-state index >= 15 is 0 Å². The number of nitrogens with zero attached hydrogens (tertiary/aromatic N) is 1. The lowest BCUT2D eigenvalue weighted by Gasteiger charge is -2.37. The van der Waals surface area contributed by atoms with Crippen molar-refractivity contribution in [2.75, 3.05) is 7.05 Å². The summed E-state index contributed by atoms with van der Waals surface area (Å²) >= 11 is 0. The van der Waals surface area contributed by atoms with Crippen LogP contribution in [0.15, 0.2) is 0 Å². The Morgan fingerprint density at radius 2 is 2.15 bits per heavy atom. The highest BCUT2D eigenvalue weighted by molar-refractivity contribution is 5.78. The maximum absolute atomic E-state index is 11.3. The molecular formula is C10H18N2O. The Kier molecular flexibility index (Phi) is 2.28. The molecule has 2 aliphatic rings. The van der Waals surface area contributed by atoms with Gasteiger partial charge in [0, 0.05) is 25.6 Å². The van der Waals surface area contributed by atoms with E-state index in [4.69, 9.17) is 5.73 Å². The number of carbonyl (C=O) groups excluding carboxylic acids is 1. The number of hydrogen-bond donors (Lipinski definition) is 1. The van der Waals surface area contributed by atoms with E-state index < -0.39 is 0 Å². The van der Waals surface area contributed by atoms with Gasteiger partial charge in [0.1, 0.15) is 0 Å². The van der Waals surface area contributed by atoms with Gasteiger partial charge in [-0.15, -0.1) is 0 Å². The first-order chi connectivity index (χ1) is 6.20. The van der Waals surface area contributed by atoms with Crippen molar-refractivity contribution in [2.45, 2.75) is 44.2 Å². The lowest BCUT2D eigenvalue weighted by molar-refractivity contribution is -0.128. The predicted octanol–water partition coefficient (Wildman–Crippen LogP) is 0.735. The van der Waals surface area contributed by atoms with Crippen LogP contribution in [0.5, 0.6) is 0 Å². The van der Waals surface area contributed by atoms with Gasteiger partial charge in [0.05, 0.1) is 0 Å². The summed E-state index contributed by atoms with van der Waals surface area (Å²) in [4.78, 5) is 13.1. The zero-order valence-corrected chi connectivity index (χ0v) is 8.20. The van der Waals surface area contributed by atoms with Crippen LogP contribution >= 0.6 is 0 Å². The first-order valence-corrected chi connectivity index (χ1v) is 5.21. The van der Waals surface area contributed by atoms with Gasteiger partial charge in [-0.3, -0.25) is 4.79 Å². The first-order valence-electron chi connectivity index (χ1n) is 5.21. The predicted molar refractivity (Wildman–Crippen MR) is 51.1 cm³/mol. The Morgan fingerprint density at radius 1 is 1.46 bits per heavy atom. The number of nitrogens with two attached hydrogens (primary N) is 1. The lowest BCUT2D eigenvalue weighted by Crippen LogP contribution is -2.49. The molecule has 0 spiro atoms. The van der Waals surface area contributed by atoms with Crippen LogP contribution in [0.1, 0.15) is 32.1 Å². The summed E-state index contributed by atoms with van der Waals surface area (Å²) in [5.74, 6) is 0.943. The molecule has 3 heteroatoms. The number of rotatable bonds is 2. The highest BCUT2D eigenvalue weighted by Crippen LogP contribution is 2.33.